The summed E-state index contributed by atoms with van der Waals surface area (Å²) in [5, 5.41) is 14.3. The van der Waals surface area contributed by atoms with Gasteiger partial charge in [-0.25, -0.2) is 14.8 Å². The summed E-state index contributed by atoms with van der Waals surface area (Å²) in [6.07, 6.45) is 7.20. The summed E-state index contributed by atoms with van der Waals surface area (Å²) >= 11 is 0. The van der Waals surface area contributed by atoms with Crippen molar-refractivity contribution in [1.82, 2.24) is 29.0 Å². The lowest BCUT2D eigenvalue weighted by Crippen LogP contribution is -2.48. The van der Waals surface area contributed by atoms with E-state index in [0.717, 1.165) is 40.6 Å². The van der Waals surface area contributed by atoms with Gasteiger partial charge in [-0.05, 0) is 31.0 Å². The van der Waals surface area contributed by atoms with Crippen molar-refractivity contribution in [2.75, 3.05) is 36.4 Å². The van der Waals surface area contributed by atoms with Gasteiger partial charge >= 0.3 is 6.09 Å². The van der Waals surface area contributed by atoms with E-state index in [0.29, 0.717) is 44.0 Å². The van der Waals surface area contributed by atoms with Crippen LogP contribution in [0.2, 0.25) is 0 Å². The van der Waals surface area contributed by atoms with Gasteiger partial charge in [0.25, 0.3) is 5.56 Å². The van der Waals surface area contributed by atoms with Crippen LogP contribution in [0.4, 0.5) is 22.2 Å². The number of pyridine rings is 2. The lowest BCUT2D eigenvalue weighted by atomic mass is 10.2. The van der Waals surface area contributed by atoms with E-state index < -0.39 is 6.09 Å². The van der Waals surface area contributed by atoms with Gasteiger partial charge < -0.3 is 24.8 Å². The van der Waals surface area contributed by atoms with Gasteiger partial charge in [0.1, 0.15) is 17.1 Å². The number of fused-ring (bicyclic) bond motifs is 3. The van der Waals surface area contributed by atoms with Crippen LogP contribution >= 0.6 is 0 Å². The fourth-order valence-corrected chi connectivity index (χ4v) is 5.46. The second-order valence-corrected chi connectivity index (χ2v) is 9.49. The Morgan fingerprint density at radius 3 is 2.47 bits per heavy atom. The van der Waals surface area contributed by atoms with Crippen molar-refractivity contribution in [3.8, 4) is 0 Å². The average molecular weight is 489 g/mol. The zero-order chi connectivity index (χ0) is 24.8. The monoisotopic (exact) mass is 488 g/mol. The normalized spacial score (nSPS) is 16.8. The van der Waals surface area contributed by atoms with Crippen LogP contribution < -0.4 is 15.8 Å². The van der Waals surface area contributed by atoms with Crippen molar-refractivity contribution < 1.29 is 9.90 Å². The van der Waals surface area contributed by atoms with Crippen LogP contribution in [0.15, 0.2) is 41.5 Å². The summed E-state index contributed by atoms with van der Waals surface area (Å²) in [5.41, 5.74) is 2.62. The predicted molar refractivity (Wildman–Crippen MR) is 137 cm³/mol. The van der Waals surface area contributed by atoms with Crippen molar-refractivity contribution in [2.24, 2.45) is 7.05 Å². The molecule has 2 aliphatic rings. The maximum atomic E-state index is 12.4. The fourth-order valence-electron chi connectivity index (χ4n) is 5.46. The smallest absolute Gasteiger partial charge is 0.407 e. The summed E-state index contributed by atoms with van der Waals surface area (Å²) < 4.78 is 3.93. The standard InChI is InChI=1S/C25H28N8O3/c1-30-21(34)9-7-18-19-15-27-24(29-22(19)33(23(18)30)16-4-2-3-5-16)28-20-8-6-17(14-26-20)31-10-12-32(13-11-31)25(35)36/h6-9,14-16H,2-5,10-13H2,1H3,(H,35,36)(H,26,27,28,29). The Morgan fingerprint density at radius 1 is 1.00 bits per heavy atom. The summed E-state index contributed by atoms with van der Waals surface area (Å²) in [6.45, 7) is 2.22. The number of amides is 1. The molecular weight excluding hydrogens is 460 g/mol. The van der Waals surface area contributed by atoms with E-state index in [4.69, 9.17) is 10.1 Å². The Balaban J connectivity index is 1.29. The van der Waals surface area contributed by atoms with E-state index in [-0.39, 0.29) is 5.56 Å². The number of nitrogens with zero attached hydrogens (tertiary/aromatic N) is 7. The Bertz CT molecular complexity index is 1500. The van der Waals surface area contributed by atoms with Gasteiger partial charge in [-0.2, -0.15) is 4.98 Å². The Morgan fingerprint density at radius 2 is 1.78 bits per heavy atom. The molecule has 36 heavy (non-hydrogen) atoms. The van der Waals surface area contributed by atoms with Crippen LogP contribution in [-0.2, 0) is 7.05 Å². The molecule has 4 aromatic rings. The predicted octanol–water partition coefficient (Wildman–Crippen LogP) is 3.34. The second-order valence-electron chi connectivity index (χ2n) is 9.49. The summed E-state index contributed by atoms with van der Waals surface area (Å²) in [5.74, 6) is 1.07. The van der Waals surface area contributed by atoms with Crippen LogP contribution in [0.1, 0.15) is 31.7 Å². The number of carboxylic acid groups (broad SMARTS) is 1. The molecule has 1 aliphatic carbocycles. The molecule has 0 spiro atoms. The first kappa shape index (κ1) is 22.3. The van der Waals surface area contributed by atoms with Crippen LogP contribution in [0.3, 0.4) is 0 Å². The molecule has 11 heteroatoms. The van der Waals surface area contributed by atoms with Crippen LogP contribution in [0.5, 0.6) is 0 Å². The first-order valence-electron chi connectivity index (χ1n) is 12.3. The van der Waals surface area contributed by atoms with Gasteiger partial charge in [0.2, 0.25) is 5.95 Å². The summed E-state index contributed by atoms with van der Waals surface area (Å²) in [7, 11) is 1.81. The molecule has 5 heterocycles. The van der Waals surface area contributed by atoms with E-state index in [2.05, 4.69) is 24.8 Å². The van der Waals surface area contributed by atoms with Crippen molar-refractivity contribution in [3.63, 3.8) is 0 Å². The highest BCUT2D eigenvalue weighted by atomic mass is 16.4. The van der Waals surface area contributed by atoms with Crippen molar-refractivity contribution in [2.45, 2.75) is 31.7 Å². The molecule has 11 nitrogen and oxygen atoms in total. The minimum Gasteiger partial charge on any atom is -0.465 e. The van der Waals surface area contributed by atoms with Gasteiger partial charge in [0, 0.05) is 62.3 Å². The molecule has 0 aromatic carbocycles. The zero-order valence-corrected chi connectivity index (χ0v) is 20.1. The number of hydrogen-bond acceptors (Lipinski definition) is 7. The highest BCUT2D eigenvalue weighted by molar-refractivity contribution is 6.05. The number of hydrogen-bond donors (Lipinski definition) is 2. The molecule has 0 radical (unpaired) electrons. The molecule has 6 rings (SSSR count). The maximum absolute atomic E-state index is 12.4. The van der Waals surface area contributed by atoms with Crippen molar-refractivity contribution in [3.05, 3.63) is 47.0 Å². The van der Waals surface area contributed by atoms with Crippen LogP contribution in [0, 0.1) is 0 Å². The maximum Gasteiger partial charge on any atom is 0.407 e. The van der Waals surface area contributed by atoms with E-state index in [9.17, 15) is 9.59 Å². The molecule has 4 aromatic heterocycles. The highest BCUT2D eigenvalue weighted by Crippen LogP contribution is 2.37. The first-order valence-corrected chi connectivity index (χ1v) is 12.3. The van der Waals surface area contributed by atoms with Crippen LogP contribution in [0.25, 0.3) is 22.1 Å². The second kappa shape index (κ2) is 8.81. The summed E-state index contributed by atoms with van der Waals surface area (Å²) in [6, 6.07) is 7.62. The molecule has 1 saturated heterocycles. The van der Waals surface area contributed by atoms with Gasteiger partial charge in [-0.3, -0.25) is 9.36 Å². The Kier molecular flexibility index (Phi) is 5.46. The summed E-state index contributed by atoms with van der Waals surface area (Å²) in [4.78, 5) is 41.1. The quantitative estimate of drug-likeness (QED) is 0.449. The molecule has 1 saturated carbocycles. The topological polar surface area (TPSA) is 121 Å². The molecule has 1 amide bonds. The van der Waals surface area contributed by atoms with E-state index in [1.165, 1.54) is 17.7 Å². The Labute approximate surface area is 207 Å². The molecule has 1 aliphatic heterocycles. The number of anilines is 3. The number of rotatable bonds is 4. The third-order valence-electron chi connectivity index (χ3n) is 7.39. The van der Waals surface area contributed by atoms with Gasteiger partial charge in [0.15, 0.2) is 0 Å². The average Bonchev–Trinajstić information content (AvgIpc) is 3.53. The molecule has 0 unspecified atom stereocenters. The number of nitrogens with one attached hydrogen (secondary N) is 1. The fraction of sp³-hybridized carbons (Fsp3) is 0.400. The van der Waals surface area contributed by atoms with E-state index in [1.54, 1.807) is 16.8 Å². The molecule has 2 fully saturated rings. The largest absolute Gasteiger partial charge is 0.465 e. The van der Waals surface area contributed by atoms with Crippen LogP contribution in [-0.4, -0.2) is 66.4 Å². The zero-order valence-electron chi connectivity index (χ0n) is 20.1. The number of aromatic nitrogens is 5. The molecule has 0 atom stereocenters. The number of aryl methyl sites for hydroxylation is 1. The third-order valence-corrected chi connectivity index (χ3v) is 7.39. The highest BCUT2D eigenvalue weighted by Gasteiger charge is 2.25. The number of carbonyl (C=O) groups is 1. The van der Waals surface area contributed by atoms with Gasteiger partial charge in [-0.1, -0.05) is 12.8 Å². The first-order chi connectivity index (χ1) is 17.5. The SMILES string of the molecule is Cn1c(=O)ccc2c3cnc(Nc4ccc(N5CCN(C(=O)O)CC5)cn4)nc3n(C3CCCC3)c21. The van der Waals surface area contributed by atoms with E-state index in [1.807, 2.05) is 31.4 Å². The molecule has 0 bridgehead atoms. The third kappa shape index (κ3) is 3.80. The minimum absolute atomic E-state index is 0.0375. The molecular formula is C25H28N8O3. The molecule has 2 N–H and O–H groups in total. The van der Waals surface area contributed by atoms with Crippen molar-refractivity contribution in [1.29, 1.82) is 0 Å². The van der Waals surface area contributed by atoms with Gasteiger partial charge in [0.05, 0.1) is 11.9 Å². The molecule has 186 valence electrons. The lowest BCUT2D eigenvalue weighted by Gasteiger charge is -2.34. The van der Waals surface area contributed by atoms with Gasteiger partial charge in [-0.15, -0.1) is 0 Å². The minimum atomic E-state index is -0.876. The van der Waals surface area contributed by atoms with E-state index >= 15 is 0 Å². The lowest BCUT2D eigenvalue weighted by molar-refractivity contribution is 0.142. The Hall–Kier alpha value is -4.15. The number of piperazine rings is 1. The van der Waals surface area contributed by atoms with Crippen molar-refractivity contribution >= 4 is 45.6 Å².